The fraction of sp³-hybridized carbons (Fsp3) is 0.0667. The standard InChI is InChI=1S/C15H12O2/c1-2-6-12(7-3-1)10-11-15-16-13-8-4-5-9-14(13)17-15/h1-11,15H/b11-10+. The van der Waals surface area contributed by atoms with Crippen molar-refractivity contribution < 1.29 is 9.47 Å². The maximum Gasteiger partial charge on any atom is 0.261 e. The molecule has 2 aromatic carbocycles. The largest absolute Gasteiger partial charge is 0.447 e. The number of ether oxygens (including phenoxy) is 2. The molecule has 0 fully saturated rings. The van der Waals surface area contributed by atoms with Gasteiger partial charge in [0.15, 0.2) is 11.5 Å². The molecule has 2 aromatic rings. The zero-order chi connectivity index (χ0) is 11.5. The highest BCUT2D eigenvalue weighted by atomic mass is 16.7. The van der Waals surface area contributed by atoms with Crippen LogP contribution in [-0.4, -0.2) is 6.29 Å². The van der Waals surface area contributed by atoms with E-state index in [0.29, 0.717) is 0 Å². The van der Waals surface area contributed by atoms with Crippen LogP contribution in [0.4, 0.5) is 0 Å². The van der Waals surface area contributed by atoms with Crippen LogP contribution in [0.5, 0.6) is 11.5 Å². The SMILES string of the molecule is C(=C\C1Oc2ccccc2O1)/c1ccccc1. The Hall–Kier alpha value is -2.22. The molecule has 0 spiro atoms. The van der Waals surface area contributed by atoms with Gasteiger partial charge in [-0.3, -0.25) is 0 Å². The monoisotopic (exact) mass is 224 g/mol. The molecule has 0 atom stereocenters. The Labute approximate surface area is 100 Å². The summed E-state index contributed by atoms with van der Waals surface area (Å²) < 4.78 is 11.2. The van der Waals surface area contributed by atoms with Crippen LogP contribution in [0, 0.1) is 0 Å². The van der Waals surface area contributed by atoms with Crippen LogP contribution >= 0.6 is 0 Å². The van der Waals surface area contributed by atoms with Crippen molar-refractivity contribution in [3.63, 3.8) is 0 Å². The minimum absolute atomic E-state index is 0.326. The lowest BCUT2D eigenvalue weighted by atomic mass is 10.2. The number of fused-ring (bicyclic) bond motifs is 1. The van der Waals surface area contributed by atoms with Gasteiger partial charge in [-0.15, -0.1) is 0 Å². The molecule has 0 N–H and O–H groups in total. The zero-order valence-corrected chi connectivity index (χ0v) is 9.24. The Morgan fingerprint density at radius 3 is 2.00 bits per heavy atom. The topological polar surface area (TPSA) is 18.5 Å². The summed E-state index contributed by atoms with van der Waals surface area (Å²) in [6, 6.07) is 17.8. The van der Waals surface area contributed by atoms with Crippen LogP contribution < -0.4 is 9.47 Å². The predicted molar refractivity (Wildman–Crippen MR) is 67.0 cm³/mol. The first-order chi connectivity index (χ1) is 8.42. The summed E-state index contributed by atoms with van der Waals surface area (Å²) in [5.74, 6) is 1.60. The van der Waals surface area contributed by atoms with Gasteiger partial charge < -0.3 is 9.47 Å². The third-order valence-electron chi connectivity index (χ3n) is 2.58. The van der Waals surface area contributed by atoms with Crippen LogP contribution in [0.1, 0.15) is 5.56 Å². The molecular formula is C15H12O2. The quantitative estimate of drug-likeness (QED) is 0.777. The third-order valence-corrected chi connectivity index (χ3v) is 2.58. The molecule has 1 aliphatic heterocycles. The van der Waals surface area contributed by atoms with Crippen molar-refractivity contribution in [3.8, 4) is 11.5 Å². The zero-order valence-electron chi connectivity index (χ0n) is 9.24. The molecule has 1 aliphatic rings. The Morgan fingerprint density at radius 1 is 0.765 bits per heavy atom. The first-order valence-corrected chi connectivity index (χ1v) is 5.57. The minimum Gasteiger partial charge on any atom is -0.447 e. The van der Waals surface area contributed by atoms with Gasteiger partial charge in [0.2, 0.25) is 0 Å². The van der Waals surface area contributed by atoms with E-state index in [1.165, 1.54) is 0 Å². The van der Waals surface area contributed by atoms with Gasteiger partial charge in [-0.05, 0) is 23.8 Å². The maximum atomic E-state index is 5.62. The van der Waals surface area contributed by atoms with Crippen molar-refractivity contribution in [1.29, 1.82) is 0 Å². The second-order valence-electron chi connectivity index (χ2n) is 3.82. The molecule has 17 heavy (non-hydrogen) atoms. The molecule has 0 saturated heterocycles. The van der Waals surface area contributed by atoms with Gasteiger partial charge >= 0.3 is 0 Å². The average molecular weight is 224 g/mol. The van der Waals surface area contributed by atoms with Gasteiger partial charge in [0, 0.05) is 0 Å². The number of rotatable bonds is 2. The van der Waals surface area contributed by atoms with Crippen LogP contribution in [0.15, 0.2) is 60.7 Å². The molecule has 1 heterocycles. The highest BCUT2D eigenvalue weighted by molar-refractivity contribution is 5.50. The van der Waals surface area contributed by atoms with Crippen molar-refractivity contribution in [3.05, 3.63) is 66.2 Å². The van der Waals surface area contributed by atoms with E-state index in [0.717, 1.165) is 17.1 Å². The van der Waals surface area contributed by atoms with E-state index in [9.17, 15) is 0 Å². The Balaban J connectivity index is 1.72. The van der Waals surface area contributed by atoms with Crippen LogP contribution in [0.3, 0.4) is 0 Å². The lowest BCUT2D eigenvalue weighted by Gasteiger charge is -2.03. The van der Waals surface area contributed by atoms with E-state index in [-0.39, 0.29) is 6.29 Å². The Bertz CT molecular complexity index is 507. The second-order valence-corrected chi connectivity index (χ2v) is 3.82. The van der Waals surface area contributed by atoms with E-state index >= 15 is 0 Å². The third kappa shape index (κ3) is 2.16. The molecule has 0 saturated carbocycles. The molecule has 0 radical (unpaired) electrons. The van der Waals surface area contributed by atoms with Gasteiger partial charge in [-0.1, -0.05) is 48.5 Å². The molecule has 2 nitrogen and oxygen atoms in total. The summed E-state index contributed by atoms with van der Waals surface area (Å²) in [5, 5.41) is 0. The summed E-state index contributed by atoms with van der Waals surface area (Å²) in [4.78, 5) is 0. The van der Waals surface area contributed by atoms with Crippen molar-refractivity contribution in [1.82, 2.24) is 0 Å². The van der Waals surface area contributed by atoms with E-state index in [1.807, 2.05) is 66.7 Å². The molecule has 0 aromatic heterocycles. The lowest BCUT2D eigenvalue weighted by Crippen LogP contribution is -2.13. The second kappa shape index (κ2) is 4.34. The Kier molecular flexibility index (Phi) is 2.54. The molecule has 2 heteroatoms. The number of hydrogen-bond acceptors (Lipinski definition) is 2. The number of para-hydroxylation sites is 2. The smallest absolute Gasteiger partial charge is 0.261 e. The normalized spacial score (nSPS) is 14.4. The van der Waals surface area contributed by atoms with Crippen LogP contribution in [0.2, 0.25) is 0 Å². The van der Waals surface area contributed by atoms with Crippen molar-refractivity contribution in [2.24, 2.45) is 0 Å². The summed E-state index contributed by atoms with van der Waals surface area (Å²) >= 11 is 0. The minimum atomic E-state index is -0.326. The Morgan fingerprint density at radius 2 is 1.35 bits per heavy atom. The molecule has 0 bridgehead atoms. The maximum absolute atomic E-state index is 5.62. The molecular weight excluding hydrogens is 212 g/mol. The molecule has 0 unspecified atom stereocenters. The van der Waals surface area contributed by atoms with Gasteiger partial charge in [0.25, 0.3) is 6.29 Å². The highest BCUT2D eigenvalue weighted by Crippen LogP contribution is 2.34. The van der Waals surface area contributed by atoms with Gasteiger partial charge in [-0.2, -0.15) is 0 Å². The molecule has 3 rings (SSSR count). The van der Waals surface area contributed by atoms with Gasteiger partial charge in [-0.25, -0.2) is 0 Å². The first kappa shape index (κ1) is 9.97. The summed E-state index contributed by atoms with van der Waals surface area (Å²) in [6.07, 6.45) is 3.58. The van der Waals surface area contributed by atoms with E-state index in [2.05, 4.69) is 0 Å². The highest BCUT2D eigenvalue weighted by Gasteiger charge is 2.20. The fourth-order valence-corrected chi connectivity index (χ4v) is 1.75. The summed E-state index contributed by atoms with van der Waals surface area (Å²) in [7, 11) is 0. The number of benzene rings is 2. The summed E-state index contributed by atoms with van der Waals surface area (Å²) in [5.41, 5.74) is 1.13. The van der Waals surface area contributed by atoms with Gasteiger partial charge in [0.05, 0.1) is 0 Å². The summed E-state index contributed by atoms with van der Waals surface area (Å²) in [6.45, 7) is 0. The van der Waals surface area contributed by atoms with E-state index < -0.39 is 0 Å². The van der Waals surface area contributed by atoms with Crippen molar-refractivity contribution in [2.75, 3.05) is 0 Å². The predicted octanol–water partition coefficient (Wildman–Crippen LogP) is 3.50. The first-order valence-electron chi connectivity index (χ1n) is 5.57. The molecule has 0 amide bonds. The lowest BCUT2D eigenvalue weighted by molar-refractivity contribution is 0.0959. The van der Waals surface area contributed by atoms with E-state index in [4.69, 9.17) is 9.47 Å². The van der Waals surface area contributed by atoms with E-state index in [1.54, 1.807) is 0 Å². The number of hydrogen-bond donors (Lipinski definition) is 0. The van der Waals surface area contributed by atoms with Crippen LogP contribution in [0.25, 0.3) is 6.08 Å². The molecule has 0 aliphatic carbocycles. The molecule has 84 valence electrons. The van der Waals surface area contributed by atoms with Crippen LogP contribution in [-0.2, 0) is 0 Å². The average Bonchev–Trinajstić information content (AvgIpc) is 2.80. The van der Waals surface area contributed by atoms with Crippen molar-refractivity contribution in [2.45, 2.75) is 6.29 Å². The van der Waals surface area contributed by atoms with Gasteiger partial charge in [0.1, 0.15) is 0 Å². The van der Waals surface area contributed by atoms with Crippen molar-refractivity contribution >= 4 is 6.08 Å². The fourth-order valence-electron chi connectivity index (χ4n) is 1.75.